The highest BCUT2D eigenvalue weighted by Gasteiger charge is 2.20. The van der Waals surface area contributed by atoms with Crippen LogP contribution in [0, 0.1) is 13.8 Å². The first-order valence-electron chi connectivity index (χ1n) is 10.6. The van der Waals surface area contributed by atoms with Crippen LogP contribution in [0.15, 0.2) is 53.4 Å². The molecule has 160 valence electrons. The van der Waals surface area contributed by atoms with E-state index in [-0.39, 0.29) is 11.8 Å². The van der Waals surface area contributed by atoms with Crippen LogP contribution in [0.5, 0.6) is 0 Å². The molecule has 2 aromatic carbocycles. The zero-order chi connectivity index (χ0) is 21.3. The monoisotopic (exact) mass is 425 g/mol. The normalized spacial score (nSPS) is 13.9. The van der Waals surface area contributed by atoms with E-state index in [0.29, 0.717) is 19.4 Å². The maximum absolute atomic E-state index is 12.4. The number of hydrogen-bond donors (Lipinski definition) is 1. The summed E-state index contributed by atoms with van der Waals surface area (Å²) in [6.07, 6.45) is 0.822. The van der Waals surface area contributed by atoms with E-state index in [0.717, 1.165) is 31.9 Å². The van der Waals surface area contributed by atoms with E-state index in [1.165, 1.54) is 21.7 Å². The van der Waals surface area contributed by atoms with Crippen molar-refractivity contribution in [1.29, 1.82) is 0 Å². The molecule has 0 atom stereocenters. The van der Waals surface area contributed by atoms with Crippen molar-refractivity contribution < 1.29 is 9.59 Å². The summed E-state index contributed by atoms with van der Waals surface area (Å²) in [6.45, 7) is 7.76. The second kappa shape index (κ2) is 11.1. The summed E-state index contributed by atoms with van der Waals surface area (Å²) in [7, 11) is 0. The molecule has 2 amide bonds. The number of anilines is 1. The second-order valence-electron chi connectivity index (χ2n) is 7.65. The van der Waals surface area contributed by atoms with Gasteiger partial charge in [0.05, 0.1) is 0 Å². The number of piperazine rings is 1. The Labute approximate surface area is 183 Å². The Balaban J connectivity index is 1.29. The van der Waals surface area contributed by atoms with Crippen molar-refractivity contribution in [3.63, 3.8) is 0 Å². The Hall–Kier alpha value is -2.47. The zero-order valence-electron chi connectivity index (χ0n) is 17.9. The third-order valence-corrected chi connectivity index (χ3v) is 6.49. The highest BCUT2D eigenvalue weighted by Crippen LogP contribution is 2.21. The fraction of sp³-hybridized carbons (Fsp3) is 0.417. The fourth-order valence-corrected chi connectivity index (χ4v) is 4.42. The van der Waals surface area contributed by atoms with Gasteiger partial charge in [0, 0.05) is 61.9 Å². The summed E-state index contributed by atoms with van der Waals surface area (Å²) in [5.74, 6) is 0.865. The van der Waals surface area contributed by atoms with Gasteiger partial charge in [-0.05, 0) is 49.2 Å². The van der Waals surface area contributed by atoms with E-state index in [4.69, 9.17) is 0 Å². The molecule has 0 aromatic heterocycles. The van der Waals surface area contributed by atoms with Crippen molar-refractivity contribution >= 4 is 29.3 Å². The molecule has 0 radical (unpaired) electrons. The molecule has 1 aliphatic heterocycles. The molecule has 5 nitrogen and oxygen atoms in total. The minimum atomic E-state index is 0.00744. The molecule has 2 aromatic rings. The highest BCUT2D eigenvalue weighted by molar-refractivity contribution is 7.99. The first kappa shape index (κ1) is 22.2. The Morgan fingerprint density at radius 3 is 2.37 bits per heavy atom. The van der Waals surface area contributed by atoms with Crippen molar-refractivity contribution in [1.82, 2.24) is 10.2 Å². The summed E-state index contributed by atoms with van der Waals surface area (Å²) in [6, 6.07) is 16.7. The second-order valence-corrected chi connectivity index (χ2v) is 8.82. The predicted octanol–water partition coefficient (Wildman–Crippen LogP) is 3.64. The number of nitrogens with one attached hydrogen (secondary N) is 1. The van der Waals surface area contributed by atoms with Crippen molar-refractivity contribution in [2.75, 3.05) is 43.4 Å². The van der Waals surface area contributed by atoms with Gasteiger partial charge in [-0.25, -0.2) is 0 Å². The van der Waals surface area contributed by atoms with Gasteiger partial charge in [0.25, 0.3) is 0 Å². The SMILES string of the molecule is Cc1ccc(SCCC(=O)NCCC(=O)N2CCN(c3ccccc3)CC2)cc1C. The van der Waals surface area contributed by atoms with Crippen molar-refractivity contribution in [2.24, 2.45) is 0 Å². The topological polar surface area (TPSA) is 52.7 Å². The maximum atomic E-state index is 12.4. The van der Waals surface area contributed by atoms with Gasteiger partial charge in [-0.3, -0.25) is 9.59 Å². The molecule has 0 spiro atoms. The van der Waals surface area contributed by atoms with Gasteiger partial charge in [0.1, 0.15) is 0 Å². The number of aryl methyl sites for hydroxylation is 2. The number of carbonyl (C=O) groups is 2. The Kier molecular flexibility index (Phi) is 8.20. The van der Waals surface area contributed by atoms with Gasteiger partial charge in [0.15, 0.2) is 0 Å². The third-order valence-electron chi connectivity index (χ3n) is 5.49. The molecular formula is C24H31N3O2S. The zero-order valence-corrected chi connectivity index (χ0v) is 18.7. The van der Waals surface area contributed by atoms with Gasteiger partial charge < -0.3 is 15.1 Å². The Bertz CT molecular complexity index is 849. The summed E-state index contributed by atoms with van der Waals surface area (Å²) in [5.41, 5.74) is 3.76. The molecule has 3 rings (SSSR count). The highest BCUT2D eigenvalue weighted by atomic mass is 32.2. The molecule has 1 fully saturated rings. The molecule has 1 heterocycles. The van der Waals surface area contributed by atoms with Crippen LogP contribution in [0.2, 0.25) is 0 Å². The largest absolute Gasteiger partial charge is 0.368 e. The van der Waals surface area contributed by atoms with E-state index in [1.807, 2.05) is 23.1 Å². The predicted molar refractivity (Wildman–Crippen MR) is 124 cm³/mol. The van der Waals surface area contributed by atoms with E-state index in [1.54, 1.807) is 11.8 Å². The number of rotatable bonds is 8. The van der Waals surface area contributed by atoms with Gasteiger partial charge >= 0.3 is 0 Å². The van der Waals surface area contributed by atoms with Gasteiger partial charge in [0.2, 0.25) is 11.8 Å². The van der Waals surface area contributed by atoms with E-state index >= 15 is 0 Å². The van der Waals surface area contributed by atoms with Crippen molar-refractivity contribution in [3.8, 4) is 0 Å². The van der Waals surface area contributed by atoms with Crippen LogP contribution in [0.3, 0.4) is 0 Å². The van der Waals surface area contributed by atoms with Gasteiger partial charge in [-0.15, -0.1) is 11.8 Å². The van der Waals surface area contributed by atoms with Crippen LogP contribution in [-0.4, -0.2) is 55.2 Å². The van der Waals surface area contributed by atoms with E-state index in [2.05, 4.69) is 54.4 Å². The molecule has 1 saturated heterocycles. The molecule has 0 aliphatic carbocycles. The quantitative estimate of drug-likeness (QED) is 0.656. The van der Waals surface area contributed by atoms with Crippen LogP contribution < -0.4 is 10.2 Å². The number of amides is 2. The summed E-state index contributed by atoms with van der Waals surface area (Å²) in [4.78, 5) is 29.9. The number of thioether (sulfide) groups is 1. The lowest BCUT2D eigenvalue weighted by Gasteiger charge is -2.36. The number of hydrogen-bond acceptors (Lipinski definition) is 4. The van der Waals surface area contributed by atoms with E-state index in [9.17, 15) is 9.59 Å². The Morgan fingerprint density at radius 1 is 0.933 bits per heavy atom. The van der Waals surface area contributed by atoms with Crippen LogP contribution in [-0.2, 0) is 9.59 Å². The fourth-order valence-electron chi connectivity index (χ4n) is 3.47. The number of benzene rings is 2. The maximum Gasteiger partial charge on any atom is 0.224 e. The molecule has 6 heteroatoms. The lowest BCUT2D eigenvalue weighted by Crippen LogP contribution is -2.49. The molecule has 0 bridgehead atoms. The van der Waals surface area contributed by atoms with Gasteiger partial charge in [-0.2, -0.15) is 0 Å². The van der Waals surface area contributed by atoms with Crippen LogP contribution in [0.1, 0.15) is 24.0 Å². The summed E-state index contributed by atoms with van der Waals surface area (Å²) < 4.78 is 0. The molecule has 1 N–H and O–H groups in total. The van der Waals surface area contributed by atoms with E-state index < -0.39 is 0 Å². The average molecular weight is 426 g/mol. The first-order chi connectivity index (χ1) is 14.5. The van der Waals surface area contributed by atoms with Crippen molar-refractivity contribution in [3.05, 3.63) is 59.7 Å². The minimum Gasteiger partial charge on any atom is -0.368 e. The summed E-state index contributed by atoms with van der Waals surface area (Å²) >= 11 is 1.69. The van der Waals surface area contributed by atoms with Crippen LogP contribution in [0.4, 0.5) is 5.69 Å². The lowest BCUT2D eigenvalue weighted by atomic mass is 10.1. The molecular weight excluding hydrogens is 394 g/mol. The minimum absolute atomic E-state index is 0.00744. The van der Waals surface area contributed by atoms with Crippen LogP contribution in [0.25, 0.3) is 0 Å². The first-order valence-corrected chi connectivity index (χ1v) is 11.6. The van der Waals surface area contributed by atoms with Crippen molar-refractivity contribution in [2.45, 2.75) is 31.6 Å². The number of para-hydroxylation sites is 1. The van der Waals surface area contributed by atoms with Gasteiger partial charge in [-0.1, -0.05) is 24.3 Å². The smallest absolute Gasteiger partial charge is 0.224 e. The third kappa shape index (κ3) is 6.52. The number of nitrogens with zero attached hydrogens (tertiary/aromatic N) is 2. The summed E-state index contributed by atoms with van der Waals surface area (Å²) in [5, 5.41) is 2.88. The lowest BCUT2D eigenvalue weighted by molar-refractivity contribution is -0.131. The molecule has 1 aliphatic rings. The average Bonchev–Trinajstić information content (AvgIpc) is 2.77. The molecule has 30 heavy (non-hydrogen) atoms. The van der Waals surface area contributed by atoms with Crippen LogP contribution >= 0.6 is 11.8 Å². The molecule has 0 unspecified atom stereocenters. The Morgan fingerprint density at radius 2 is 1.67 bits per heavy atom. The molecule has 0 saturated carbocycles. The standard InChI is InChI=1S/C24H31N3O2S/c1-19-8-9-22(18-20(19)2)30-17-11-23(28)25-12-10-24(29)27-15-13-26(14-16-27)21-6-4-3-5-7-21/h3-9,18H,10-17H2,1-2H3,(H,25,28). The number of carbonyl (C=O) groups excluding carboxylic acids is 2.